The number of halogens is 1. The van der Waals surface area contributed by atoms with Crippen molar-refractivity contribution in [2.45, 2.75) is 12.5 Å². The first-order chi connectivity index (χ1) is 3.84. The summed E-state index contributed by atoms with van der Waals surface area (Å²) in [5.74, 6) is -0.250. The molecule has 0 aliphatic carbocycles. The fourth-order valence-corrected chi connectivity index (χ4v) is 0.793. The number of cyclic esters (lactones) is 1. The van der Waals surface area contributed by atoms with E-state index in [1.165, 1.54) is 0 Å². The summed E-state index contributed by atoms with van der Waals surface area (Å²) in [6.07, 6.45) is 0.683. The van der Waals surface area contributed by atoms with E-state index in [1.807, 2.05) is 0 Å². The molecular weight excluding hydrogens is 130 g/mol. The van der Waals surface area contributed by atoms with Gasteiger partial charge in [0.1, 0.15) is 6.04 Å². The number of hydrogen-bond donors (Lipinski definition) is 1. The predicted molar refractivity (Wildman–Crippen MR) is 28.4 cm³/mol. The van der Waals surface area contributed by atoms with Crippen LogP contribution in [0.25, 0.3) is 0 Å². The molecule has 1 aliphatic heterocycles. The summed E-state index contributed by atoms with van der Waals surface area (Å²) in [6.45, 7) is 0.489. The molecule has 0 amide bonds. The monoisotopic (exact) mass is 135 g/mol. The fraction of sp³-hybridized carbons (Fsp3) is 0.750. The van der Waals surface area contributed by atoms with Crippen molar-refractivity contribution in [3.8, 4) is 0 Å². The highest BCUT2D eigenvalue weighted by Gasteiger charge is 2.24. The molecule has 0 radical (unpaired) electrons. The van der Waals surface area contributed by atoms with E-state index in [0.29, 0.717) is 13.0 Å². The number of nitrogens with one attached hydrogen (secondary N) is 1. The Balaban J connectivity index is 2.42. The summed E-state index contributed by atoms with van der Waals surface area (Å²) in [6, 6.07) is -0.281. The number of esters is 1. The highest BCUT2D eigenvalue weighted by atomic mass is 35.5. The molecule has 8 heavy (non-hydrogen) atoms. The lowest BCUT2D eigenvalue weighted by atomic mass is 10.3. The first-order valence-corrected chi connectivity index (χ1v) is 2.75. The molecule has 1 N–H and O–H groups in total. The Labute approximate surface area is 52.1 Å². The second kappa shape index (κ2) is 2.33. The molecule has 1 atom stereocenters. The minimum Gasteiger partial charge on any atom is -0.464 e. The van der Waals surface area contributed by atoms with Gasteiger partial charge in [-0.1, -0.05) is 0 Å². The van der Waals surface area contributed by atoms with Crippen LogP contribution in [0.2, 0.25) is 0 Å². The van der Waals surface area contributed by atoms with Gasteiger partial charge in [-0.05, 0) is 11.8 Å². The molecular formula is C4H6ClNO2. The van der Waals surface area contributed by atoms with Crippen molar-refractivity contribution in [2.75, 3.05) is 6.61 Å². The molecule has 0 saturated carbocycles. The zero-order valence-electron chi connectivity index (χ0n) is 4.19. The summed E-state index contributed by atoms with van der Waals surface area (Å²) < 4.78 is 4.57. The molecule has 1 rings (SSSR count). The van der Waals surface area contributed by atoms with Gasteiger partial charge in [0.15, 0.2) is 0 Å². The summed E-state index contributed by atoms with van der Waals surface area (Å²) in [5.41, 5.74) is 0. The topological polar surface area (TPSA) is 38.3 Å². The highest BCUT2D eigenvalue weighted by Crippen LogP contribution is 2.05. The van der Waals surface area contributed by atoms with Crippen molar-refractivity contribution in [1.29, 1.82) is 0 Å². The van der Waals surface area contributed by atoms with E-state index in [2.05, 4.69) is 9.57 Å². The minimum absolute atomic E-state index is 0.250. The molecule has 1 saturated heterocycles. The molecule has 1 aliphatic rings. The van der Waals surface area contributed by atoms with Crippen molar-refractivity contribution >= 4 is 17.7 Å². The molecule has 3 nitrogen and oxygen atoms in total. The van der Waals surface area contributed by atoms with Crippen LogP contribution < -0.4 is 4.84 Å². The smallest absolute Gasteiger partial charge is 0.324 e. The molecule has 46 valence electrons. The van der Waals surface area contributed by atoms with E-state index < -0.39 is 0 Å². The third kappa shape index (κ3) is 0.928. The van der Waals surface area contributed by atoms with Gasteiger partial charge in [0.05, 0.1) is 6.61 Å². The van der Waals surface area contributed by atoms with Crippen LogP contribution in [-0.4, -0.2) is 18.6 Å². The van der Waals surface area contributed by atoms with Gasteiger partial charge in [0.25, 0.3) is 0 Å². The molecule has 1 heterocycles. The van der Waals surface area contributed by atoms with E-state index in [0.717, 1.165) is 0 Å². The Kier molecular flexibility index (Phi) is 1.70. The Morgan fingerprint density at radius 2 is 2.62 bits per heavy atom. The largest absolute Gasteiger partial charge is 0.464 e. The maximum absolute atomic E-state index is 10.4. The van der Waals surface area contributed by atoms with Crippen molar-refractivity contribution in [3.05, 3.63) is 0 Å². The van der Waals surface area contributed by atoms with Crippen molar-refractivity contribution in [1.82, 2.24) is 4.84 Å². The lowest BCUT2D eigenvalue weighted by Crippen LogP contribution is -2.25. The Morgan fingerprint density at radius 3 is 2.88 bits per heavy atom. The van der Waals surface area contributed by atoms with Crippen molar-refractivity contribution < 1.29 is 9.53 Å². The predicted octanol–water partition coefficient (Wildman–Crippen LogP) is 0.0453. The van der Waals surface area contributed by atoms with Crippen molar-refractivity contribution in [3.63, 3.8) is 0 Å². The number of rotatable bonds is 1. The standard InChI is InChI=1S/C4H6ClNO2/c5-6-3-1-2-8-4(3)7/h3,6H,1-2H2/t3-/m0/s1. The zero-order chi connectivity index (χ0) is 5.98. The average Bonchev–Trinajstić information content (AvgIpc) is 2.14. The van der Waals surface area contributed by atoms with E-state index in [1.54, 1.807) is 0 Å². The number of carbonyl (C=O) groups excluding carboxylic acids is 1. The second-order valence-electron chi connectivity index (χ2n) is 1.62. The van der Waals surface area contributed by atoms with Gasteiger partial charge in [-0.2, -0.15) is 0 Å². The van der Waals surface area contributed by atoms with Gasteiger partial charge >= 0.3 is 5.97 Å². The number of carbonyl (C=O) groups is 1. The Bertz CT molecular complexity index is 106. The fourth-order valence-electron chi connectivity index (χ4n) is 0.595. The van der Waals surface area contributed by atoms with E-state index in [-0.39, 0.29) is 12.0 Å². The summed E-state index contributed by atoms with van der Waals surface area (Å²) in [5, 5.41) is 0. The van der Waals surface area contributed by atoms with Crippen LogP contribution in [0.5, 0.6) is 0 Å². The van der Waals surface area contributed by atoms with Gasteiger partial charge in [-0.15, -0.1) is 0 Å². The average molecular weight is 136 g/mol. The van der Waals surface area contributed by atoms with E-state index >= 15 is 0 Å². The summed E-state index contributed by atoms with van der Waals surface area (Å²) in [4.78, 5) is 12.7. The second-order valence-corrected chi connectivity index (χ2v) is 1.84. The van der Waals surface area contributed by atoms with Crippen LogP contribution in [0.4, 0.5) is 0 Å². The van der Waals surface area contributed by atoms with Crippen LogP contribution in [0.3, 0.4) is 0 Å². The van der Waals surface area contributed by atoms with Gasteiger partial charge < -0.3 is 4.74 Å². The quantitative estimate of drug-likeness (QED) is 0.408. The molecule has 0 aromatic heterocycles. The normalized spacial score (nSPS) is 28.1. The van der Waals surface area contributed by atoms with Gasteiger partial charge in [-0.25, -0.2) is 4.84 Å². The maximum atomic E-state index is 10.4. The summed E-state index contributed by atoms with van der Waals surface area (Å²) >= 11 is 5.15. The Morgan fingerprint density at radius 1 is 1.88 bits per heavy atom. The van der Waals surface area contributed by atoms with Crippen LogP contribution in [0, 0.1) is 0 Å². The molecule has 0 aromatic rings. The van der Waals surface area contributed by atoms with Crippen LogP contribution >= 0.6 is 11.8 Å². The van der Waals surface area contributed by atoms with E-state index in [9.17, 15) is 4.79 Å². The molecule has 0 spiro atoms. The van der Waals surface area contributed by atoms with Crippen LogP contribution in [0.15, 0.2) is 0 Å². The highest BCUT2D eigenvalue weighted by molar-refractivity contribution is 6.14. The first-order valence-electron chi connectivity index (χ1n) is 2.37. The van der Waals surface area contributed by atoms with Gasteiger partial charge in [-0.3, -0.25) is 4.79 Å². The first kappa shape index (κ1) is 5.85. The lowest BCUT2D eigenvalue weighted by Gasteiger charge is -1.96. The molecule has 0 bridgehead atoms. The van der Waals surface area contributed by atoms with Gasteiger partial charge in [0, 0.05) is 6.42 Å². The van der Waals surface area contributed by atoms with Crippen LogP contribution in [-0.2, 0) is 9.53 Å². The SMILES string of the molecule is O=C1OCC[C@@H]1NCl. The van der Waals surface area contributed by atoms with Gasteiger partial charge in [0.2, 0.25) is 0 Å². The Hall–Kier alpha value is -0.280. The number of hydrogen-bond acceptors (Lipinski definition) is 3. The zero-order valence-corrected chi connectivity index (χ0v) is 4.94. The lowest BCUT2D eigenvalue weighted by molar-refractivity contribution is -0.139. The van der Waals surface area contributed by atoms with Crippen LogP contribution in [0.1, 0.15) is 6.42 Å². The number of ether oxygens (including phenoxy) is 1. The minimum atomic E-state index is -0.281. The van der Waals surface area contributed by atoms with E-state index in [4.69, 9.17) is 11.8 Å². The molecule has 1 fully saturated rings. The van der Waals surface area contributed by atoms with Crippen molar-refractivity contribution in [2.24, 2.45) is 0 Å². The summed E-state index contributed by atoms with van der Waals surface area (Å²) in [7, 11) is 0. The molecule has 4 heteroatoms. The molecule has 0 aromatic carbocycles. The maximum Gasteiger partial charge on any atom is 0.324 e. The third-order valence-corrected chi connectivity index (χ3v) is 1.33. The molecule has 0 unspecified atom stereocenters. The third-order valence-electron chi connectivity index (χ3n) is 1.07.